The number of hydrogen-bond acceptors (Lipinski definition) is 2. The summed E-state index contributed by atoms with van der Waals surface area (Å²) in [7, 11) is 0. The Hall–Kier alpha value is -1.64. The van der Waals surface area contributed by atoms with Crippen LogP contribution in [0.15, 0.2) is 54.6 Å². The molecule has 2 nitrogen and oxygen atoms in total. The molecule has 0 fully saturated rings. The van der Waals surface area contributed by atoms with Gasteiger partial charge >= 0.3 is 0 Å². The largest absolute Gasteiger partial charge is 0.375 e. The third-order valence-corrected chi connectivity index (χ3v) is 4.10. The van der Waals surface area contributed by atoms with Crippen LogP contribution in [0.5, 0.6) is 0 Å². The van der Waals surface area contributed by atoms with Gasteiger partial charge in [-0.2, -0.15) is 0 Å². The number of fused-ring (bicyclic) bond motifs is 1. The van der Waals surface area contributed by atoms with Gasteiger partial charge in [0.25, 0.3) is 0 Å². The van der Waals surface area contributed by atoms with Crippen molar-refractivity contribution in [2.24, 2.45) is 0 Å². The zero-order valence-electron chi connectivity index (χ0n) is 14.5. The highest BCUT2D eigenvalue weighted by Gasteiger charge is 2.10. The molecule has 0 N–H and O–H groups in total. The first kappa shape index (κ1) is 17.7. The van der Waals surface area contributed by atoms with E-state index in [4.69, 9.17) is 4.74 Å². The van der Waals surface area contributed by atoms with E-state index in [0.717, 1.165) is 39.3 Å². The van der Waals surface area contributed by atoms with Crippen LogP contribution < -0.4 is 0 Å². The number of aryl methyl sites for hydroxylation is 1. The molecule has 1 aliphatic heterocycles. The number of benzene rings is 2. The molecule has 0 spiro atoms. The minimum Gasteiger partial charge on any atom is -0.375 e. The number of rotatable bonds is 2. The third-order valence-electron chi connectivity index (χ3n) is 4.10. The molecule has 0 saturated carbocycles. The smallest absolute Gasteiger partial charge is 0.0720 e. The lowest BCUT2D eigenvalue weighted by molar-refractivity contribution is 0.0872. The molecular weight excluding hydrogens is 282 g/mol. The van der Waals surface area contributed by atoms with Crippen LogP contribution in [0.2, 0.25) is 0 Å². The van der Waals surface area contributed by atoms with Crippen LogP contribution in [0.25, 0.3) is 0 Å². The molecule has 124 valence electrons. The highest BCUT2D eigenvalue weighted by atomic mass is 16.5. The maximum atomic E-state index is 5.86. The second kappa shape index (κ2) is 10.2. The molecule has 2 aromatic carbocycles. The zero-order chi connectivity index (χ0) is 16.3. The summed E-state index contributed by atoms with van der Waals surface area (Å²) in [5, 5.41) is 0. The van der Waals surface area contributed by atoms with Gasteiger partial charge in [0, 0.05) is 13.1 Å². The molecule has 1 aliphatic rings. The molecule has 3 rings (SSSR count). The fourth-order valence-electron chi connectivity index (χ4n) is 2.92. The Kier molecular flexibility index (Phi) is 7.85. The van der Waals surface area contributed by atoms with Crippen molar-refractivity contribution in [1.82, 2.24) is 4.90 Å². The predicted molar refractivity (Wildman–Crippen MR) is 97.5 cm³/mol. The molecule has 0 radical (unpaired) electrons. The fraction of sp³-hybridized carbons (Fsp3) is 0.429. The van der Waals surface area contributed by atoms with E-state index in [-0.39, 0.29) is 0 Å². The molecule has 2 heteroatoms. The van der Waals surface area contributed by atoms with Crippen LogP contribution in [0.3, 0.4) is 0 Å². The lowest BCUT2D eigenvalue weighted by atomic mass is 10.0. The number of nitrogens with zero attached hydrogens (tertiary/aromatic N) is 1. The molecule has 2 aromatic rings. The van der Waals surface area contributed by atoms with E-state index in [1.54, 1.807) is 0 Å². The molecule has 23 heavy (non-hydrogen) atoms. The topological polar surface area (TPSA) is 12.5 Å². The first-order valence-electron chi connectivity index (χ1n) is 8.82. The third kappa shape index (κ3) is 5.81. The van der Waals surface area contributed by atoms with Crippen LogP contribution in [0.4, 0.5) is 0 Å². The Morgan fingerprint density at radius 1 is 0.870 bits per heavy atom. The van der Waals surface area contributed by atoms with Gasteiger partial charge in [0.05, 0.1) is 13.2 Å². The van der Waals surface area contributed by atoms with Crippen LogP contribution >= 0.6 is 0 Å². The van der Waals surface area contributed by atoms with Crippen LogP contribution in [0.1, 0.15) is 37.0 Å². The first-order chi connectivity index (χ1) is 11.4. The molecule has 0 unspecified atom stereocenters. The van der Waals surface area contributed by atoms with Crippen molar-refractivity contribution >= 4 is 0 Å². The van der Waals surface area contributed by atoms with Gasteiger partial charge in [0.1, 0.15) is 0 Å². The van der Waals surface area contributed by atoms with Gasteiger partial charge in [0.2, 0.25) is 0 Å². The highest BCUT2D eigenvalue weighted by Crippen LogP contribution is 2.15. The van der Waals surface area contributed by atoms with E-state index in [1.165, 1.54) is 23.1 Å². The molecule has 0 bridgehead atoms. The van der Waals surface area contributed by atoms with Crippen molar-refractivity contribution in [2.75, 3.05) is 19.7 Å². The van der Waals surface area contributed by atoms with Crippen LogP contribution in [-0.2, 0) is 24.3 Å². The highest BCUT2D eigenvalue weighted by molar-refractivity contribution is 5.26. The van der Waals surface area contributed by atoms with Gasteiger partial charge in [-0.15, -0.1) is 0 Å². The summed E-state index contributed by atoms with van der Waals surface area (Å²) in [6, 6.07) is 19.4. The summed E-state index contributed by atoms with van der Waals surface area (Å²) < 4.78 is 5.86. The minimum atomic E-state index is 0.745. The van der Waals surface area contributed by atoms with Gasteiger partial charge in [-0.05, 0) is 36.1 Å². The van der Waals surface area contributed by atoms with E-state index in [1.807, 2.05) is 13.8 Å². The van der Waals surface area contributed by atoms with Crippen molar-refractivity contribution in [3.8, 4) is 0 Å². The molecule has 0 aliphatic carbocycles. The van der Waals surface area contributed by atoms with E-state index < -0.39 is 0 Å². The Morgan fingerprint density at radius 3 is 2.35 bits per heavy atom. The van der Waals surface area contributed by atoms with Crippen molar-refractivity contribution < 1.29 is 4.74 Å². The number of hydrogen-bond donors (Lipinski definition) is 0. The van der Waals surface area contributed by atoms with Gasteiger partial charge in [0.15, 0.2) is 0 Å². The SMILES string of the molecule is CC.c1ccc(CN2CCCc3ccccc3COCC2)cc1. The minimum absolute atomic E-state index is 0.745. The van der Waals surface area contributed by atoms with E-state index >= 15 is 0 Å². The summed E-state index contributed by atoms with van der Waals surface area (Å²) in [5.41, 5.74) is 4.18. The van der Waals surface area contributed by atoms with Gasteiger partial charge in [-0.1, -0.05) is 68.4 Å². The monoisotopic (exact) mass is 311 g/mol. The summed E-state index contributed by atoms with van der Waals surface area (Å²) in [5.74, 6) is 0. The second-order valence-electron chi connectivity index (χ2n) is 5.69. The van der Waals surface area contributed by atoms with Crippen molar-refractivity contribution in [3.63, 3.8) is 0 Å². The van der Waals surface area contributed by atoms with Crippen molar-refractivity contribution in [2.45, 2.75) is 39.8 Å². The summed E-state index contributed by atoms with van der Waals surface area (Å²) in [6.07, 6.45) is 2.36. The Bertz CT molecular complexity index is 553. The summed E-state index contributed by atoms with van der Waals surface area (Å²) in [6.45, 7) is 8.71. The second-order valence-corrected chi connectivity index (χ2v) is 5.69. The van der Waals surface area contributed by atoms with Gasteiger partial charge in [-0.3, -0.25) is 4.90 Å². The summed E-state index contributed by atoms with van der Waals surface area (Å²) in [4.78, 5) is 2.50. The standard InChI is InChI=1S/C19H23NO.C2H6/c1-2-7-17(8-3-1)15-20-12-6-11-18-9-4-5-10-19(18)16-21-14-13-20;1-2/h1-5,7-10H,6,11-16H2;1-2H3. The lowest BCUT2D eigenvalue weighted by Crippen LogP contribution is -2.29. The normalized spacial score (nSPS) is 15.9. The predicted octanol–water partition coefficient (Wildman–Crippen LogP) is 4.68. The summed E-state index contributed by atoms with van der Waals surface area (Å²) >= 11 is 0. The van der Waals surface area contributed by atoms with E-state index in [2.05, 4.69) is 59.5 Å². The Morgan fingerprint density at radius 2 is 1.57 bits per heavy atom. The maximum absolute atomic E-state index is 5.86. The van der Waals surface area contributed by atoms with Crippen molar-refractivity contribution in [3.05, 3.63) is 71.3 Å². The Labute approximate surface area is 141 Å². The number of ether oxygens (including phenoxy) is 1. The first-order valence-corrected chi connectivity index (χ1v) is 8.82. The van der Waals surface area contributed by atoms with Crippen LogP contribution in [-0.4, -0.2) is 24.6 Å². The molecule has 0 atom stereocenters. The molecular formula is C21H29NO. The van der Waals surface area contributed by atoms with Gasteiger partial charge < -0.3 is 4.74 Å². The quantitative estimate of drug-likeness (QED) is 0.798. The molecule has 1 heterocycles. The maximum Gasteiger partial charge on any atom is 0.0720 e. The Balaban J connectivity index is 0.000000924. The van der Waals surface area contributed by atoms with Crippen LogP contribution in [0, 0.1) is 0 Å². The molecule has 0 saturated heterocycles. The van der Waals surface area contributed by atoms with Gasteiger partial charge in [-0.25, -0.2) is 0 Å². The average molecular weight is 311 g/mol. The molecule has 0 aromatic heterocycles. The van der Waals surface area contributed by atoms with Crippen molar-refractivity contribution in [1.29, 1.82) is 0 Å². The average Bonchev–Trinajstić information content (AvgIpc) is 2.62. The lowest BCUT2D eigenvalue weighted by Gasteiger charge is -2.24. The molecule has 0 amide bonds. The fourth-order valence-corrected chi connectivity index (χ4v) is 2.92. The van der Waals surface area contributed by atoms with E-state index in [9.17, 15) is 0 Å². The van der Waals surface area contributed by atoms with E-state index in [0.29, 0.717) is 0 Å². The zero-order valence-corrected chi connectivity index (χ0v) is 14.5.